The van der Waals surface area contributed by atoms with Crippen molar-refractivity contribution in [3.05, 3.63) is 23.3 Å². The van der Waals surface area contributed by atoms with E-state index < -0.39 is 5.60 Å². The van der Waals surface area contributed by atoms with Crippen LogP contribution >= 0.6 is 0 Å². The zero-order chi connectivity index (χ0) is 25.3. The zero-order valence-corrected chi connectivity index (χ0v) is 22.5. The number of aliphatic hydroxyl groups excluding tert-OH is 1. The lowest BCUT2D eigenvalue weighted by molar-refractivity contribution is -0.135. The Bertz CT molecular complexity index is 954. The maximum absolute atomic E-state index is 12.8. The monoisotopic (exact) mass is 484 g/mol. The Morgan fingerprint density at radius 3 is 2.46 bits per heavy atom. The summed E-state index contributed by atoms with van der Waals surface area (Å²) >= 11 is 0. The van der Waals surface area contributed by atoms with Crippen LogP contribution in [0.15, 0.2) is 23.3 Å². The second kappa shape index (κ2) is 8.36. The molecule has 0 spiro atoms. The molecule has 3 saturated carbocycles. The fourth-order valence-electron chi connectivity index (χ4n) is 8.57. The molecule has 6 heteroatoms. The number of likely N-dealkylation sites (N-methyl/N-ethyl adjacent to an activating group) is 1. The summed E-state index contributed by atoms with van der Waals surface area (Å²) < 4.78 is 5.62. The van der Waals surface area contributed by atoms with Crippen LogP contribution in [0.4, 0.5) is 4.79 Å². The summed E-state index contributed by atoms with van der Waals surface area (Å²) in [5.41, 5.74) is 2.29. The van der Waals surface area contributed by atoms with Gasteiger partial charge in [-0.2, -0.15) is 0 Å². The number of ether oxygens (including phenoxy) is 1. The van der Waals surface area contributed by atoms with Crippen molar-refractivity contribution in [3.8, 4) is 0 Å². The van der Waals surface area contributed by atoms with Crippen molar-refractivity contribution in [2.24, 2.45) is 28.6 Å². The Morgan fingerprint density at radius 2 is 1.80 bits per heavy atom. The van der Waals surface area contributed by atoms with Gasteiger partial charge in [0.25, 0.3) is 0 Å². The highest BCUT2D eigenvalue weighted by molar-refractivity contribution is 5.89. The minimum Gasteiger partial charge on any atom is -0.444 e. The summed E-state index contributed by atoms with van der Waals surface area (Å²) in [7, 11) is 1.97. The number of piperidine rings is 1. The van der Waals surface area contributed by atoms with Gasteiger partial charge in [0, 0.05) is 25.6 Å². The Balaban J connectivity index is 1.48. The number of hydrogen-bond acceptors (Lipinski definition) is 4. The number of amides is 2. The summed E-state index contributed by atoms with van der Waals surface area (Å²) in [5, 5.41) is 10.9. The summed E-state index contributed by atoms with van der Waals surface area (Å²) in [5.74, 6) is 1.67. The Hall–Kier alpha value is -1.82. The van der Waals surface area contributed by atoms with Crippen LogP contribution in [0.5, 0.6) is 0 Å². The minimum atomic E-state index is -0.493. The van der Waals surface area contributed by atoms with Gasteiger partial charge in [0.2, 0.25) is 5.91 Å². The van der Waals surface area contributed by atoms with Gasteiger partial charge in [0.15, 0.2) is 0 Å². The largest absolute Gasteiger partial charge is 0.444 e. The molecule has 7 atom stereocenters. The van der Waals surface area contributed by atoms with E-state index in [9.17, 15) is 14.7 Å². The van der Waals surface area contributed by atoms with E-state index in [1.165, 1.54) is 11.1 Å². The van der Waals surface area contributed by atoms with Gasteiger partial charge in [-0.1, -0.05) is 25.5 Å². The van der Waals surface area contributed by atoms with Gasteiger partial charge in [0.05, 0.1) is 12.1 Å². The number of nitrogens with zero attached hydrogens (tertiary/aromatic N) is 2. The number of carbonyl (C=O) groups is 2. The van der Waals surface area contributed by atoms with E-state index in [1.54, 1.807) is 6.08 Å². The SMILES string of the molecule is CN1C(=O)C=C[C@]2(C)[C@H]3CC[C@]4(C)[C@@H](O)CC[C@H]4[C@@H]3CC(=C3CCN(C(=O)OC(C)(C)C)CC3)[C@@H]12. The predicted molar refractivity (Wildman–Crippen MR) is 136 cm³/mol. The highest BCUT2D eigenvalue weighted by Gasteiger charge is 2.61. The molecule has 0 unspecified atom stereocenters. The fraction of sp³-hybridized carbons (Fsp3) is 0.793. The lowest BCUT2D eigenvalue weighted by Crippen LogP contribution is -2.61. The second-order valence-corrected chi connectivity index (χ2v) is 13.4. The van der Waals surface area contributed by atoms with E-state index in [2.05, 4.69) is 19.9 Å². The predicted octanol–water partition coefficient (Wildman–Crippen LogP) is 4.92. The minimum absolute atomic E-state index is 0.0142. The molecule has 0 aromatic carbocycles. The first-order valence-corrected chi connectivity index (χ1v) is 13.7. The first-order valence-electron chi connectivity index (χ1n) is 13.7. The summed E-state index contributed by atoms with van der Waals surface area (Å²) in [6, 6.07) is 0.0833. The first-order chi connectivity index (χ1) is 16.3. The van der Waals surface area contributed by atoms with E-state index in [0.29, 0.717) is 30.8 Å². The number of likely N-dealkylation sites (tertiary alicyclic amines) is 1. The molecule has 3 aliphatic carbocycles. The molecule has 2 aliphatic heterocycles. The van der Waals surface area contributed by atoms with Crippen LogP contribution in [0.3, 0.4) is 0 Å². The van der Waals surface area contributed by atoms with Crippen molar-refractivity contribution in [3.63, 3.8) is 0 Å². The van der Waals surface area contributed by atoms with Crippen molar-refractivity contribution in [1.82, 2.24) is 9.80 Å². The molecule has 0 bridgehead atoms. The maximum Gasteiger partial charge on any atom is 0.410 e. The Morgan fingerprint density at radius 1 is 1.11 bits per heavy atom. The van der Waals surface area contributed by atoms with E-state index in [4.69, 9.17) is 4.74 Å². The highest BCUT2D eigenvalue weighted by Crippen LogP contribution is 2.65. The number of fused-ring (bicyclic) bond motifs is 5. The topological polar surface area (TPSA) is 70.1 Å². The van der Waals surface area contributed by atoms with Gasteiger partial charge in [-0.15, -0.1) is 0 Å². The van der Waals surface area contributed by atoms with Crippen LogP contribution < -0.4 is 0 Å². The van der Waals surface area contributed by atoms with Gasteiger partial charge in [0.1, 0.15) is 5.60 Å². The molecule has 5 rings (SSSR count). The molecule has 2 heterocycles. The van der Waals surface area contributed by atoms with Crippen LogP contribution in [-0.4, -0.2) is 64.8 Å². The van der Waals surface area contributed by atoms with Crippen molar-refractivity contribution in [2.75, 3.05) is 20.1 Å². The number of aliphatic hydroxyl groups is 1. The number of rotatable bonds is 0. The molecule has 0 radical (unpaired) electrons. The first kappa shape index (κ1) is 24.9. The number of carbonyl (C=O) groups excluding carboxylic acids is 2. The summed E-state index contributed by atoms with van der Waals surface area (Å²) in [6.07, 6.45) is 10.5. The van der Waals surface area contributed by atoms with E-state index >= 15 is 0 Å². The van der Waals surface area contributed by atoms with Crippen molar-refractivity contribution in [1.29, 1.82) is 0 Å². The molecule has 0 aromatic rings. The maximum atomic E-state index is 12.8. The molecule has 35 heavy (non-hydrogen) atoms. The van der Waals surface area contributed by atoms with Crippen LogP contribution in [0.2, 0.25) is 0 Å². The van der Waals surface area contributed by atoms with E-state index in [0.717, 1.165) is 44.9 Å². The molecular formula is C29H44N2O4. The average molecular weight is 485 g/mol. The number of hydrogen-bond donors (Lipinski definition) is 1. The third-order valence-electron chi connectivity index (χ3n) is 10.4. The molecule has 5 aliphatic rings. The average Bonchev–Trinajstić information content (AvgIpc) is 3.10. The Labute approximate surface area is 210 Å². The van der Waals surface area contributed by atoms with Crippen LogP contribution in [0.25, 0.3) is 0 Å². The molecule has 1 N–H and O–H groups in total. The standard InChI is InChI=1S/C29H44N2O4/c1-27(2,3)35-26(34)31-15-11-18(12-16-31)19-17-20-21-7-8-23(32)28(21,4)13-9-22(20)29(5)14-10-24(33)30(6)25(19)29/h10,14,20-23,25,32H,7-9,11-13,15-17H2,1-6H3/t20-,21-,22-,23-,25+,28-,29+/m0/s1. The third-order valence-corrected chi connectivity index (χ3v) is 10.4. The summed E-state index contributed by atoms with van der Waals surface area (Å²) in [4.78, 5) is 29.3. The molecule has 0 aromatic heterocycles. The quantitative estimate of drug-likeness (QED) is 0.495. The molecule has 4 fully saturated rings. The van der Waals surface area contributed by atoms with Crippen LogP contribution in [0.1, 0.15) is 79.6 Å². The molecule has 194 valence electrons. The van der Waals surface area contributed by atoms with Crippen molar-refractivity contribution in [2.45, 2.75) is 97.3 Å². The smallest absolute Gasteiger partial charge is 0.410 e. The molecular weight excluding hydrogens is 440 g/mol. The van der Waals surface area contributed by atoms with Crippen LogP contribution in [0, 0.1) is 28.6 Å². The van der Waals surface area contributed by atoms with Gasteiger partial charge in [-0.05, 0) is 101 Å². The zero-order valence-electron chi connectivity index (χ0n) is 22.5. The molecule has 2 amide bonds. The Kier molecular flexibility index (Phi) is 5.94. The van der Waals surface area contributed by atoms with E-state index in [1.807, 2.05) is 37.6 Å². The molecule has 6 nitrogen and oxygen atoms in total. The van der Waals surface area contributed by atoms with Gasteiger partial charge in [-0.3, -0.25) is 4.79 Å². The lowest BCUT2D eigenvalue weighted by Gasteiger charge is -2.61. The van der Waals surface area contributed by atoms with Gasteiger partial charge in [-0.25, -0.2) is 4.79 Å². The van der Waals surface area contributed by atoms with Gasteiger partial charge >= 0.3 is 6.09 Å². The fourth-order valence-corrected chi connectivity index (χ4v) is 8.57. The normalized spacial score (nSPS) is 41.5. The molecule has 1 saturated heterocycles. The summed E-state index contributed by atoms with van der Waals surface area (Å²) in [6.45, 7) is 11.7. The highest BCUT2D eigenvalue weighted by atomic mass is 16.6. The van der Waals surface area contributed by atoms with Crippen molar-refractivity contribution >= 4 is 12.0 Å². The lowest BCUT2D eigenvalue weighted by atomic mass is 9.47. The van der Waals surface area contributed by atoms with E-state index in [-0.39, 0.29) is 35.0 Å². The second-order valence-electron chi connectivity index (χ2n) is 13.4. The van der Waals surface area contributed by atoms with Crippen LogP contribution in [-0.2, 0) is 9.53 Å². The van der Waals surface area contributed by atoms with Gasteiger partial charge < -0.3 is 19.6 Å². The third kappa shape index (κ3) is 3.95. The van der Waals surface area contributed by atoms with Crippen molar-refractivity contribution < 1.29 is 19.4 Å².